The van der Waals surface area contributed by atoms with Crippen molar-refractivity contribution in [3.8, 4) is 0 Å². The molecule has 2 bridgehead atoms. The van der Waals surface area contributed by atoms with E-state index < -0.39 is 16.1 Å². The van der Waals surface area contributed by atoms with Crippen LogP contribution in [0.5, 0.6) is 0 Å². The second kappa shape index (κ2) is 5.45. The summed E-state index contributed by atoms with van der Waals surface area (Å²) in [6.45, 7) is 0.765. The van der Waals surface area contributed by atoms with E-state index in [1.54, 1.807) is 0 Å². The van der Waals surface area contributed by atoms with Crippen LogP contribution in [-0.4, -0.2) is 67.3 Å². The summed E-state index contributed by atoms with van der Waals surface area (Å²) in [7, 11) is -1.69. The third-order valence-corrected chi connectivity index (χ3v) is 5.39. The first-order chi connectivity index (χ1) is 8.38. The Bertz CT molecular complexity index is 369. The lowest BCUT2D eigenvalue weighted by Crippen LogP contribution is -2.47. The summed E-state index contributed by atoms with van der Waals surface area (Å²) in [6, 6.07) is 1.11. The molecule has 0 spiro atoms. The third-order valence-electron chi connectivity index (χ3n) is 4.10. The molecule has 105 valence electrons. The minimum Gasteiger partial charge on any atom is -0.390 e. The largest absolute Gasteiger partial charge is 0.390 e. The van der Waals surface area contributed by atoms with Crippen LogP contribution in [0.25, 0.3) is 0 Å². The fourth-order valence-electron chi connectivity index (χ4n) is 3.03. The fourth-order valence-corrected chi connectivity index (χ4v) is 3.48. The summed E-state index contributed by atoms with van der Waals surface area (Å²) in [5.41, 5.74) is 0. The normalized spacial score (nSPS) is 30.9. The van der Waals surface area contributed by atoms with Crippen LogP contribution in [0, 0.1) is 6.42 Å². The van der Waals surface area contributed by atoms with E-state index in [1.807, 2.05) is 0 Å². The van der Waals surface area contributed by atoms with E-state index in [0.29, 0.717) is 18.6 Å². The molecule has 1 N–H and O–H groups in total. The molecular weight excluding hydrogens is 252 g/mol. The maximum atomic E-state index is 11.3. The molecule has 0 aromatic rings. The first-order valence-corrected chi connectivity index (χ1v) is 8.39. The van der Waals surface area contributed by atoms with Gasteiger partial charge in [-0.15, -0.1) is 0 Å². The van der Waals surface area contributed by atoms with Gasteiger partial charge in [-0.1, -0.05) is 0 Å². The Hall–Kier alpha value is -0.170. The molecule has 18 heavy (non-hydrogen) atoms. The zero-order valence-electron chi connectivity index (χ0n) is 11.1. The summed E-state index contributed by atoms with van der Waals surface area (Å²) in [4.78, 5) is 2.36. The lowest BCUT2D eigenvalue weighted by Gasteiger charge is -2.36. The first kappa shape index (κ1) is 14.2. The molecule has 2 rings (SSSR count). The second-order valence-electron chi connectivity index (χ2n) is 5.54. The van der Waals surface area contributed by atoms with Crippen LogP contribution in [0.1, 0.15) is 25.7 Å². The summed E-state index contributed by atoms with van der Waals surface area (Å²) in [6.07, 6.45) is 7.51. The van der Waals surface area contributed by atoms with E-state index in [-0.39, 0.29) is 6.54 Å². The molecule has 0 aromatic carbocycles. The molecule has 2 fully saturated rings. The number of fused-ring (bicyclic) bond motifs is 2. The number of aliphatic hydroxyl groups excluding tert-OH is 1. The average Bonchev–Trinajstić information content (AvgIpc) is 2.49. The van der Waals surface area contributed by atoms with Crippen LogP contribution < -0.4 is 0 Å². The van der Waals surface area contributed by atoms with Gasteiger partial charge in [0.05, 0.1) is 12.4 Å². The Morgan fingerprint density at radius 3 is 2.44 bits per heavy atom. The van der Waals surface area contributed by atoms with Crippen molar-refractivity contribution in [3.05, 3.63) is 6.42 Å². The van der Waals surface area contributed by atoms with E-state index in [4.69, 9.17) is 0 Å². The van der Waals surface area contributed by atoms with Crippen molar-refractivity contribution < 1.29 is 13.5 Å². The summed E-state index contributed by atoms with van der Waals surface area (Å²) < 4.78 is 23.8. The van der Waals surface area contributed by atoms with E-state index in [2.05, 4.69) is 11.3 Å². The van der Waals surface area contributed by atoms with Gasteiger partial charge < -0.3 is 5.11 Å². The number of sulfonamides is 1. The number of piperidine rings is 1. The highest BCUT2D eigenvalue weighted by Gasteiger charge is 2.37. The van der Waals surface area contributed by atoms with Crippen molar-refractivity contribution in [1.29, 1.82) is 0 Å². The van der Waals surface area contributed by atoms with Gasteiger partial charge in [0.25, 0.3) is 0 Å². The fraction of sp³-hybridized carbons (Fsp3) is 0.917. The number of hydrogen-bond donors (Lipinski definition) is 1. The van der Waals surface area contributed by atoms with Crippen LogP contribution in [0.15, 0.2) is 0 Å². The smallest absolute Gasteiger partial charge is 0.211 e. The van der Waals surface area contributed by atoms with Crippen molar-refractivity contribution in [2.24, 2.45) is 0 Å². The standard InChI is InChI=1S/C12H23N2O3S/c1-13(18(2,16)17)8-12(15)9-14-10-4-3-5-11(14)7-6-10/h3,10-12,15H,4-9H2,1-2H3/t10?,11?,12-/m0/s1. The van der Waals surface area contributed by atoms with E-state index >= 15 is 0 Å². The van der Waals surface area contributed by atoms with Gasteiger partial charge >= 0.3 is 0 Å². The van der Waals surface area contributed by atoms with Gasteiger partial charge in [-0.05, 0) is 32.1 Å². The number of nitrogens with zero attached hydrogens (tertiary/aromatic N) is 2. The quantitative estimate of drug-likeness (QED) is 0.771. The molecule has 2 saturated heterocycles. The Labute approximate surface area is 110 Å². The molecule has 3 atom stereocenters. The monoisotopic (exact) mass is 275 g/mol. The molecule has 0 aliphatic carbocycles. The molecule has 2 unspecified atom stereocenters. The van der Waals surface area contributed by atoms with E-state index in [0.717, 1.165) is 12.8 Å². The van der Waals surface area contributed by atoms with E-state index in [9.17, 15) is 13.5 Å². The first-order valence-electron chi connectivity index (χ1n) is 6.54. The highest BCUT2D eigenvalue weighted by atomic mass is 32.2. The van der Waals surface area contributed by atoms with Crippen LogP contribution in [0.3, 0.4) is 0 Å². The minimum atomic E-state index is -3.20. The lowest BCUT2D eigenvalue weighted by atomic mass is 10.0. The van der Waals surface area contributed by atoms with Crippen molar-refractivity contribution in [3.63, 3.8) is 0 Å². The van der Waals surface area contributed by atoms with Crippen molar-refractivity contribution in [1.82, 2.24) is 9.21 Å². The van der Waals surface area contributed by atoms with E-state index in [1.165, 1.54) is 30.5 Å². The number of rotatable bonds is 5. The number of likely N-dealkylation sites (N-methyl/N-ethyl adjacent to an activating group) is 1. The van der Waals surface area contributed by atoms with Crippen LogP contribution in [0.2, 0.25) is 0 Å². The van der Waals surface area contributed by atoms with Crippen molar-refractivity contribution in [2.45, 2.75) is 43.9 Å². The maximum absolute atomic E-state index is 11.3. The Morgan fingerprint density at radius 1 is 1.39 bits per heavy atom. The van der Waals surface area contributed by atoms with Gasteiger partial charge in [-0.3, -0.25) is 4.90 Å². The van der Waals surface area contributed by atoms with Gasteiger partial charge in [-0.2, -0.15) is 0 Å². The summed E-state index contributed by atoms with van der Waals surface area (Å²) in [5.74, 6) is 0. The molecule has 0 amide bonds. The summed E-state index contributed by atoms with van der Waals surface area (Å²) in [5, 5.41) is 10.0. The molecule has 0 saturated carbocycles. The predicted octanol–water partition coefficient (Wildman–Crippen LogP) is 0.0698. The zero-order valence-corrected chi connectivity index (χ0v) is 11.9. The van der Waals surface area contributed by atoms with Gasteiger partial charge in [0.15, 0.2) is 0 Å². The highest BCUT2D eigenvalue weighted by molar-refractivity contribution is 7.88. The predicted molar refractivity (Wildman–Crippen MR) is 70.5 cm³/mol. The molecule has 5 nitrogen and oxygen atoms in total. The average molecular weight is 275 g/mol. The molecule has 1 radical (unpaired) electrons. The SMILES string of the molecule is CN(C[C@H](O)CN1C2C[CH]CC1CC2)S(C)(=O)=O. The van der Waals surface area contributed by atoms with Gasteiger partial charge in [0.2, 0.25) is 10.0 Å². The Kier molecular flexibility index (Phi) is 4.31. The molecule has 2 aliphatic rings. The molecular formula is C12H23N2O3S. The van der Waals surface area contributed by atoms with Gasteiger partial charge in [-0.25, -0.2) is 12.7 Å². The topological polar surface area (TPSA) is 60.9 Å². The molecule has 2 aliphatic heterocycles. The van der Waals surface area contributed by atoms with Crippen molar-refractivity contribution in [2.75, 3.05) is 26.4 Å². The highest BCUT2D eigenvalue weighted by Crippen LogP contribution is 2.34. The number of aliphatic hydroxyl groups is 1. The van der Waals surface area contributed by atoms with Crippen LogP contribution >= 0.6 is 0 Å². The molecule has 0 aromatic heterocycles. The molecule has 2 heterocycles. The van der Waals surface area contributed by atoms with Gasteiger partial charge in [0, 0.05) is 32.2 Å². The Balaban J connectivity index is 1.86. The van der Waals surface area contributed by atoms with Crippen LogP contribution in [-0.2, 0) is 10.0 Å². The summed E-state index contributed by atoms with van der Waals surface area (Å²) >= 11 is 0. The maximum Gasteiger partial charge on any atom is 0.211 e. The molecule has 6 heteroatoms. The zero-order chi connectivity index (χ0) is 13.3. The second-order valence-corrected chi connectivity index (χ2v) is 7.63. The lowest BCUT2D eigenvalue weighted by molar-refractivity contribution is 0.0640. The van der Waals surface area contributed by atoms with Crippen LogP contribution in [0.4, 0.5) is 0 Å². The minimum absolute atomic E-state index is 0.179. The number of hydrogen-bond acceptors (Lipinski definition) is 4. The third kappa shape index (κ3) is 3.23. The van der Waals surface area contributed by atoms with Gasteiger partial charge in [0.1, 0.15) is 0 Å². The van der Waals surface area contributed by atoms with Crippen molar-refractivity contribution >= 4 is 10.0 Å². The Morgan fingerprint density at radius 2 is 1.94 bits per heavy atom.